The van der Waals surface area contributed by atoms with Crippen LogP contribution in [0.3, 0.4) is 0 Å². The number of rotatable bonds is 1. The van der Waals surface area contributed by atoms with Crippen LogP contribution in [0, 0.1) is 0 Å². The second-order valence-corrected chi connectivity index (χ2v) is 4.87. The van der Waals surface area contributed by atoms with E-state index in [1.54, 1.807) is 6.07 Å². The molecule has 0 aromatic carbocycles. The van der Waals surface area contributed by atoms with Crippen molar-refractivity contribution in [3.63, 3.8) is 0 Å². The van der Waals surface area contributed by atoms with Gasteiger partial charge < -0.3 is 4.98 Å². The highest BCUT2D eigenvalue weighted by Crippen LogP contribution is 2.24. The van der Waals surface area contributed by atoms with E-state index < -0.39 is 15.1 Å². The first-order valence-corrected chi connectivity index (χ1v) is 5.73. The van der Waals surface area contributed by atoms with Gasteiger partial charge in [-0.15, -0.1) is 3.89 Å². The van der Waals surface area contributed by atoms with E-state index in [1.807, 2.05) is 0 Å². The van der Waals surface area contributed by atoms with Gasteiger partial charge in [-0.2, -0.15) is 8.42 Å². The lowest BCUT2D eigenvalue weighted by Gasteiger charge is -1.92. The Balaban J connectivity index is 2.83. The van der Waals surface area contributed by atoms with Crippen LogP contribution in [0.2, 0.25) is 0 Å². The summed E-state index contributed by atoms with van der Waals surface area (Å²) in [5.74, 6) is 0. The third-order valence-electron chi connectivity index (χ3n) is 1.71. The lowest BCUT2D eigenvalue weighted by Crippen LogP contribution is -1.90. The van der Waals surface area contributed by atoms with Gasteiger partial charge in [0.2, 0.25) is 0 Å². The number of nitrogens with zero attached hydrogens (tertiary/aromatic N) is 1. The van der Waals surface area contributed by atoms with Crippen molar-refractivity contribution in [3.8, 4) is 0 Å². The van der Waals surface area contributed by atoms with Gasteiger partial charge in [-0.25, -0.2) is 0 Å². The number of aromatic amines is 1. The highest BCUT2D eigenvalue weighted by molar-refractivity contribution is 9.10. The molecule has 0 saturated carbocycles. The van der Waals surface area contributed by atoms with E-state index in [9.17, 15) is 12.3 Å². The van der Waals surface area contributed by atoms with Crippen molar-refractivity contribution in [2.45, 2.75) is 4.90 Å². The predicted molar refractivity (Wildman–Crippen MR) is 52.1 cm³/mol. The molecular formula is C7H4BrFN2O2S. The Morgan fingerprint density at radius 3 is 2.86 bits per heavy atom. The van der Waals surface area contributed by atoms with E-state index in [0.29, 0.717) is 9.99 Å². The van der Waals surface area contributed by atoms with Gasteiger partial charge in [-0.3, -0.25) is 4.98 Å². The number of pyridine rings is 1. The summed E-state index contributed by atoms with van der Waals surface area (Å²) in [5, 5.41) is 0. The topological polar surface area (TPSA) is 62.8 Å². The summed E-state index contributed by atoms with van der Waals surface area (Å²) < 4.78 is 34.7. The van der Waals surface area contributed by atoms with E-state index in [-0.39, 0.29) is 5.52 Å². The van der Waals surface area contributed by atoms with Gasteiger partial charge in [0.15, 0.2) is 0 Å². The third-order valence-corrected chi connectivity index (χ3v) is 2.98. The van der Waals surface area contributed by atoms with E-state index >= 15 is 0 Å². The molecule has 4 nitrogen and oxygen atoms in total. The van der Waals surface area contributed by atoms with Crippen LogP contribution in [0.25, 0.3) is 11.0 Å². The summed E-state index contributed by atoms with van der Waals surface area (Å²) in [6, 6.07) is 1.62. The minimum atomic E-state index is -4.71. The average molecular weight is 279 g/mol. The molecule has 0 saturated heterocycles. The van der Waals surface area contributed by atoms with Crippen LogP contribution in [0.1, 0.15) is 0 Å². The molecule has 2 rings (SSSR count). The Bertz CT molecular complexity index is 593. The number of nitrogens with one attached hydrogen (secondary N) is 1. The maximum absolute atomic E-state index is 12.7. The number of hydrogen-bond acceptors (Lipinski definition) is 3. The van der Waals surface area contributed by atoms with Gasteiger partial charge >= 0.3 is 10.2 Å². The molecule has 2 heterocycles. The minimum absolute atomic E-state index is 0.107. The van der Waals surface area contributed by atoms with E-state index in [4.69, 9.17) is 0 Å². The molecule has 14 heavy (non-hydrogen) atoms. The fourth-order valence-corrected chi connectivity index (χ4v) is 2.07. The molecule has 1 N–H and O–H groups in total. The average Bonchev–Trinajstić information content (AvgIpc) is 2.45. The standard InChI is InChI=1S/C7H4BrFN2O2S/c8-4-1-5-7(11-2-4)6(3-10-5)14(9,12)13/h1-3,10H. The molecule has 0 amide bonds. The zero-order valence-corrected chi connectivity index (χ0v) is 9.06. The molecule has 0 unspecified atom stereocenters. The summed E-state index contributed by atoms with van der Waals surface area (Å²) in [7, 11) is -4.71. The Morgan fingerprint density at radius 1 is 1.50 bits per heavy atom. The van der Waals surface area contributed by atoms with Crippen LogP contribution in [-0.4, -0.2) is 18.4 Å². The minimum Gasteiger partial charge on any atom is -0.358 e. The molecule has 0 radical (unpaired) electrons. The molecule has 0 fully saturated rings. The van der Waals surface area contributed by atoms with E-state index in [0.717, 1.165) is 6.20 Å². The van der Waals surface area contributed by atoms with Gasteiger partial charge in [0, 0.05) is 16.9 Å². The Morgan fingerprint density at radius 2 is 2.21 bits per heavy atom. The zero-order chi connectivity index (χ0) is 10.3. The largest absolute Gasteiger partial charge is 0.358 e. The smallest absolute Gasteiger partial charge is 0.335 e. The molecule has 2 aromatic rings. The summed E-state index contributed by atoms with van der Waals surface area (Å²) in [6.07, 6.45) is 2.49. The van der Waals surface area contributed by atoms with Gasteiger partial charge in [0.25, 0.3) is 0 Å². The predicted octanol–water partition coefficient (Wildman–Crippen LogP) is 1.98. The fraction of sp³-hybridized carbons (Fsp3) is 0. The second kappa shape index (κ2) is 3.03. The highest BCUT2D eigenvalue weighted by Gasteiger charge is 2.18. The van der Waals surface area contributed by atoms with Crippen molar-refractivity contribution in [1.82, 2.24) is 9.97 Å². The van der Waals surface area contributed by atoms with Crippen LogP contribution in [-0.2, 0) is 10.2 Å². The number of aromatic nitrogens is 2. The number of hydrogen-bond donors (Lipinski definition) is 1. The van der Waals surface area contributed by atoms with E-state index in [1.165, 1.54) is 6.20 Å². The van der Waals surface area contributed by atoms with Crippen LogP contribution in [0.15, 0.2) is 27.8 Å². The molecular weight excluding hydrogens is 275 g/mol. The van der Waals surface area contributed by atoms with Crippen molar-refractivity contribution >= 4 is 37.2 Å². The van der Waals surface area contributed by atoms with Gasteiger partial charge in [0.1, 0.15) is 10.4 Å². The van der Waals surface area contributed by atoms with Crippen molar-refractivity contribution in [1.29, 1.82) is 0 Å². The van der Waals surface area contributed by atoms with Gasteiger partial charge in [-0.05, 0) is 22.0 Å². The fourth-order valence-electron chi connectivity index (χ4n) is 1.14. The SMILES string of the molecule is O=S(=O)(F)c1c[nH]c2cc(Br)cnc12. The highest BCUT2D eigenvalue weighted by atomic mass is 79.9. The quantitative estimate of drug-likeness (QED) is 0.812. The third kappa shape index (κ3) is 1.53. The Kier molecular flexibility index (Phi) is 2.07. The van der Waals surface area contributed by atoms with E-state index in [2.05, 4.69) is 25.9 Å². The molecule has 0 aliphatic rings. The van der Waals surface area contributed by atoms with Crippen LogP contribution < -0.4 is 0 Å². The molecule has 0 aliphatic heterocycles. The first kappa shape index (κ1) is 9.60. The second-order valence-electron chi connectivity index (χ2n) is 2.64. The monoisotopic (exact) mass is 278 g/mol. The molecule has 7 heteroatoms. The summed E-state index contributed by atoms with van der Waals surface area (Å²) in [6.45, 7) is 0. The van der Waals surface area contributed by atoms with Gasteiger partial charge in [0.05, 0.1) is 5.52 Å². The van der Waals surface area contributed by atoms with Crippen LogP contribution in [0.4, 0.5) is 3.89 Å². The van der Waals surface area contributed by atoms with Crippen molar-refractivity contribution in [3.05, 3.63) is 22.9 Å². The molecule has 0 aliphatic carbocycles. The van der Waals surface area contributed by atoms with Crippen molar-refractivity contribution < 1.29 is 12.3 Å². The number of fused-ring (bicyclic) bond motifs is 1. The Hall–Kier alpha value is -0.950. The van der Waals surface area contributed by atoms with Gasteiger partial charge in [-0.1, -0.05) is 0 Å². The van der Waals surface area contributed by atoms with Crippen molar-refractivity contribution in [2.24, 2.45) is 0 Å². The summed E-state index contributed by atoms with van der Waals surface area (Å²) >= 11 is 3.17. The maximum atomic E-state index is 12.7. The molecule has 74 valence electrons. The van der Waals surface area contributed by atoms with Crippen LogP contribution >= 0.6 is 15.9 Å². The molecule has 0 atom stereocenters. The zero-order valence-electron chi connectivity index (χ0n) is 6.66. The van der Waals surface area contributed by atoms with Crippen LogP contribution in [0.5, 0.6) is 0 Å². The molecule has 0 bridgehead atoms. The van der Waals surface area contributed by atoms with Crippen molar-refractivity contribution in [2.75, 3.05) is 0 Å². The molecule has 2 aromatic heterocycles. The lowest BCUT2D eigenvalue weighted by molar-refractivity contribution is 0.553. The summed E-state index contributed by atoms with van der Waals surface area (Å²) in [5.41, 5.74) is 0.575. The first-order valence-electron chi connectivity index (χ1n) is 3.56. The number of halogens is 2. The Labute approximate surface area is 87.5 Å². The summed E-state index contributed by atoms with van der Waals surface area (Å²) in [4.78, 5) is 6.00. The maximum Gasteiger partial charge on any atom is 0.335 e. The number of H-pyrrole nitrogens is 1. The lowest BCUT2D eigenvalue weighted by atomic mass is 10.4. The molecule has 0 spiro atoms. The normalized spacial score (nSPS) is 12.1. The first-order chi connectivity index (χ1) is 6.48.